The van der Waals surface area contributed by atoms with Gasteiger partial charge in [-0.1, -0.05) is 26.0 Å². The molecule has 8 atom stereocenters. The van der Waals surface area contributed by atoms with Crippen LogP contribution in [0.1, 0.15) is 71.6 Å². The van der Waals surface area contributed by atoms with Crippen molar-refractivity contribution in [1.29, 1.82) is 0 Å². The highest BCUT2D eigenvalue weighted by atomic mass is 16.3. The summed E-state index contributed by atoms with van der Waals surface area (Å²) in [6, 6.07) is 0. The quantitative estimate of drug-likeness (QED) is 0.162. The first-order valence-corrected chi connectivity index (χ1v) is 11.6. The Hall–Kier alpha value is -1.27. The molecule has 0 aromatic rings. The summed E-state index contributed by atoms with van der Waals surface area (Å²) in [5.41, 5.74) is 13.2. The number of hydrogen-bond acceptors (Lipinski definition) is 4. The molecule has 0 spiro atoms. The van der Waals surface area contributed by atoms with Crippen LogP contribution in [0.3, 0.4) is 0 Å². The Morgan fingerprint density at radius 3 is 2.62 bits per heavy atom. The molecule has 0 aromatic carbocycles. The number of hydrazone groups is 1. The maximum atomic E-state index is 12.1. The van der Waals surface area contributed by atoms with E-state index in [-0.39, 0.29) is 22.9 Å². The van der Waals surface area contributed by atoms with Gasteiger partial charge in [-0.3, -0.25) is 0 Å². The lowest BCUT2D eigenvalue weighted by atomic mass is 9.43. The van der Waals surface area contributed by atoms with Crippen molar-refractivity contribution >= 4 is 5.96 Å². The van der Waals surface area contributed by atoms with Crippen LogP contribution in [0.2, 0.25) is 0 Å². The number of nitrogens with two attached hydrogens (primary N) is 2. The van der Waals surface area contributed by atoms with E-state index in [1.54, 1.807) is 0 Å². The van der Waals surface area contributed by atoms with Crippen LogP contribution in [0.25, 0.3) is 0 Å². The molecule has 4 aliphatic carbocycles. The first-order valence-electron chi connectivity index (χ1n) is 11.6. The third-order valence-electron chi connectivity index (χ3n) is 9.68. The molecular formula is C23H40N4O2. The highest BCUT2D eigenvalue weighted by Gasteiger charge is 2.66. The Balaban J connectivity index is 1.51. The van der Waals surface area contributed by atoms with E-state index in [0.717, 1.165) is 51.4 Å². The molecular weight excluding hydrogens is 364 g/mol. The van der Waals surface area contributed by atoms with E-state index in [1.165, 1.54) is 6.42 Å². The van der Waals surface area contributed by atoms with Gasteiger partial charge in [0.15, 0.2) is 0 Å². The fraction of sp³-hybridized carbons (Fsp3) is 0.870. The molecule has 4 rings (SSSR count). The molecule has 6 nitrogen and oxygen atoms in total. The Morgan fingerprint density at radius 1 is 1.07 bits per heavy atom. The van der Waals surface area contributed by atoms with E-state index < -0.39 is 5.60 Å². The van der Waals surface area contributed by atoms with Crippen molar-refractivity contribution in [1.82, 2.24) is 5.43 Å². The van der Waals surface area contributed by atoms with Crippen LogP contribution in [0.15, 0.2) is 17.3 Å². The fourth-order valence-electron chi connectivity index (χ4n) is 7.97. The Kier molecular flexibility index (Phi) is 5.39. The predicted octanol–water partition coefficient (Wildman–Crippen LogP) is 2.46. The van der Waals surface area contributed by atoms with Gasteiger partial charge in [0.25, 0.3) is 0 Å². The first kappa shape index (κ1) is 21.0. The first-order chi connectivity index (χ1) is 13.7. The number of rotatable bonds is 4. The van der Waals surface area contributed by atoms with Crippen LogP contribution in [0, 0.1) is 34.5 Å². The highest BCUT2D eigenvalue weighted by Crippen LogP contribution is 2.69. The van der Waals surface area contributed by atoms with E-state index in [4.69, 9.17) is 11.5 Å². The molecule has 4 fully saturated rings. The number of allylic oxidation sites excluding steroid dienone is 1. The second-order valence-electron chi connectivity index (χ2n) is 10.8. The van der Waals surface area contributed by atoms with Gasteiger partial charge in [-0.15, -0.1) is 5.10 Å². The van der Waals surface area contributed by atoms with Crippen LogP contribution in [0.4, 0.5) is 0 Å². The third kappa shape index (κ3) is 3.27. The second-order valence-corrected chi connectivity index (χ2v) is 10.8. The smallest absolute Gasteiger partial charge is 0.208 e. The van der Waals surface area contributed by atoms with Crippen molar-refractivity contribution in [3.63, 3.8) is 0 Å². The van der Waals surface area contributed by atoms with Gasteiger partial charge in [0.1, 0.15) is 0 Å². The summed E-state index contributed by atoms with van der Waals surface area (Å²) in [4.78, 5) is 0. The lowest BCUT2D eigenvalue weighted by molar-refractivity contribution is -0.207. The van der Waals surface area contributed by atoms with Gasteiger partial charge < -0.3 is 27.1 Å². The van der Waals surface area contributed by atoms with Gasteiger partial charge in [-0.25, -0.2) is 0 Å². The van der Waals surface area contributed by atoms with Crippen molar-refractivity contribution in [2.45, 2.75) is 83.3 Å². The molecule has 164 valence electrons. The van der Waals surface area contributed by atoms with Crippen molar-refractivity contribution < 1.29 is 10.2 Å². The molecule has 0 bridgehead atoms. The summed E-state index contributed by atoms with van der Waals surface area (Å²) in [5, 5.41) is 26.1. The molecule has 4 aliphatic rings. The molecule has 0 radical (unpaired) electrons. The fourth-order valence-corrected chi connectivity index (χ4v) is 7.97. The molecule has 0 amide bonds. The minimum atomic E-state index is -0.567. The van der Waals surface area contributed by atoms with E-state index in [9.17, 15) is 10.2 Å². The number of nitrogens with zero attached hydrogens (tertiary/aromatic N) is 1. The van der Waals surface area contributed by atoms with Crippen LogP contribution in [-0.4, -0.2) is 34.4 Å². The minimum absolute atomic E-state index is 0.0401. The van der Waals surface area contributed by atoms with E-state index >= 15 is 0 Å². The highest BCUT2D eigenvalue weighted by molar-refractivity contribution is 5.75. The van der Waals surface area contributed by atoms with E-state index in [0.29, 0.717) is 30.2 Å². The molecule has 0 saturated heterocycles. The molecule has 4 saturated carbocycles. The molecule has 0 aromatic heterocycles. The molecule has 7 N–H and O–H groups in total. The molecule has 29 heavy (non-hydrogen) atoms. The molecule has 0 aliphatic heterocycles. The van der Waals surface area contributed by atoms with Gasteiger partial charge in [0.2, 0.25) is 5.96 Å². The summed E-state index contributed by atoms with van der Waals surface area (Å²) in [5.74, 6) is 2.06. The van der Waals surface area contributed by atoms with Gasteiger partial charge >= 0.3 is 0 Å². The molecule has 0 heterocycles. The van der Waals surface area contributed by atoms with E-state index in [1.807, 2.05) is 0 Å². The van der Waals surface area contributed by atoms with Crippen molar-refractivity contribution in [3.05, 3.63) is 12.2 Å². The van der Waals surface area contributed by atoms with E-state index in [2.05, 4.69) is 36.5 Å². The SMILES string of the molecule is C[C@]12CC[C@H](O)C[C@H]1CC[C@@H]1[C@@H]2CC[C@]2(C)[C@@H](/C=C/CNN=C(N)N)CC[C@]12O. The van der Waals surface area contributed by atoms with Crippen LogP contribution < -0.4 is 16.9 Å². The molecule has 0 unspecified atom stereocenters. The number of nitrogens with one attached hydrogen (secondary N) is 1. The number of guanidine groups is 1. The lowest BCUT2D eigenvalue weighted by Gasteiger charge is -2.63. The summed E-state index contributed by atoms with van der Waals surface area (Å²) in [7, 11) is 0. The minimum Gasteiger partial charge on any atom is -0.393 e. The summed E-state index contributed by atoms with van der Waals surface area (Å²) >= 11 is 0. The predicted molar refractivity (Wildman–Crippen MR) is 116 cm³/mol. The number of aliphatic hydroxyl groups is 2. The van der Waals surface area contributed by atoms with Gasteiger partial charge in [-0.05, 0) is 86.9 Å². The lowest BCUT2D eigenvalue weighted by Crippen LogP contribution is -2.62. The normalized spacial score (nSPS) is 49.2. The van der Waals surface area contributed by atoms with Gasteiger partial charge in [0.05, 0.1) is 18.2 Å². The van der Waals surface area contributed by atoms with Crippen molar-refractivity contribution in [2.24, 2.45) is 51.1 Å². The number of hydrogen-bond donors (Lipinski definition) is 5. The largest absolute Gasteiger partial charge is 0.393 e. The van der Waals surface area contributed by atoms with Gasteiger partial charge in [0, 0.05) is 5.41 Å². The second kappa shape index (κ2) is 7.45. The average molecular weight is 405 g/mol. The third-order valence-corrected chi connectivity index (χ3v) is 9.68. The number of aliphatic hydroxyl groups excluding tert-OH is 1. The standard InChI is InChI=1S/C23H40N4O2/c1-21-10-8-17(28)14-16(21)5-6-19-18(21)9-11-22(2)15(7-12-23(19,22)29)4-3-13-26-27-20(24)25/h3-4,15-19,26,28-29H,5-14H2,1-2H3,(H4,24,25,27)/b4-3+/t15-,16+,17-,18-,19+,21-,22+,23-/m0/s1. The van der Waals surface area contributed by atoms with Crippen LogP contribution in [0.5, 0.6) is 0 Å². The zero-order chi connectivity index (χ0) is 20.9. The maximum absolute atomic E-state index is 12.1. The Bertz CT molecular complexity index is 678. The monoisotopic (exact) mass is 404 g/mol. The Morgan fingerprint density at radius 2 is 1.86 bits per heavy atom. The topological polar surface area (TPSA) is 117 Å². The summed E-state index contributed by atoms with van der Waals surface area (Å²) in [6.07, 6.45) is 13.8. The maximum Gasteiger partial charge on any atom is 0.208 e. The Labute approximate surface area is 175 Å². The molecule has 6 heteroatoms. The summed E-state index contributed by atoms with van der Waals surface area (Å²) in [6.45, 7) is 5.39. The van der Waals surface area contributed by atoms with Crippen molar-refractivity contribution in [2.75, 3.05) is 6.54 Å². The zero-order valence-electron chi connectivity index (χ0n) is 18.1. The summed E-state index contributed by atoms with van der Waals surface area (Å²) < 4.78 is 0. The number of fused-ring (bicyclic) bond motifs is 5. The zero-order valence-corrected chi connectivity index (χ0v) is 18.1. The van der Waals surface area contributed by atoms with Gasteiger partial charge in [-0.2, -0.15) is 0 Å². The van der Waals surface area contributed by atoms with Crippen LogP contribution >= 0.6 is 0 Å². The van der Waals surface area contributed by atoms with Crippen LogP contribution in [-0.2, 0) is 0 Å². The average Bonchev–Trinajstić information content (AvgIpc) is 2.93. The van der Waals surface area contributed by atoms with Crippen molar-refractivity contribution in [3.8, 4) is 0 Å².